The number of likely N-dealkylation sites (N-methyl/N-ethyl adjacent to an activating group) is 1. The predicted molar refractivity (Wildman–Crippen MR) is 69.1 cm³/mol. The molecule has 0 bridgehead atoms. The number of aliphatic hydroxyl groups excluding tert-OH is 1. The van der Waals surface area contributed by atoms with Crippen molar-refractivity contribution in [2.24, 2.45) is 5.92 Å². The predicted octanol–water partition coefficient (Wildman–Crippen LogP) is 2.18. The summed E-state index contributed by atoms with van der Waals surface area (Å²) < 4.78 is 19.3. The fraction of sp³-hybridized carbons (Fsp3) is 0.571. The lowest BCUT2D eigenvalue weighted by Crippen LogP contribution is -2.24. The van der Waals surface area contributed by atoms with Crippen molar-refractivity contribution >= 4 is 5.69 Å². The molecule has 4 heteroatoms. The van der Waals surface area contributed by atoms with Gasteiger partial charge in [0.25, 0.3) is 0 Å². The lowest BCUT2D eigenvalue weighted by Gasteiger charge is -2.20. The SMILES string of the molecule is CN(CCOCC1CC1)c1ccc(CO)cc1F. The van der Waals surface area contributed by atoms with Crippen molar-refractivity contribution in [2.45, 2.75) is 19.4 Å². The van der Waals surface area contributed by atoms with Crippen molar-refractivity contribution in [2.75, 3.05) is 31.7 Å². The lowest BCUT2D eigenvalue weighted by molar-refractivity contribution is 0.131. The minimum atomic E-state index is -0.300. The van der Waals surface area contributed by atoms with Crippen LogP contribution in [-0.2, 0) is 11.3 Å². The summed E-state index contributed by atoms with van der Waals surface area (Å²) in [4.78, 5) is 1.84. The van der Waals surface area contributed by atoms with Crippen molar-refractivity contribution in [1.82, 2.24) is 0 Å². The molecule has 18 heavy (non-hydrogen) atoms. The second-order valence-electron chi connectivity index (χ2n) is 4.88. The van der Waals surface area contributed by atoms with Crippen LogP contribution in [0.4, 0.5) is 10.1 Å². The van der Waals surface area contributed by atoms with Gasteiger partial charge in [0.05, 0.1) is 18.9 Å². The van der Waals surface area contributed by atoms with Gasteiger partial charge >= 0.3 is 0 Å². The highest BCUT2D eigenvalue weighted by atomic mass is 19.1. The zero-order valence-electron chi connectivity index (χ0n) is 10.7. The van der Waals surface area contributed by atoms with Crippen LogP contribution in [-0.4, -0.2) is 31.9 Å². The molecule has 0 saturated heterocycles. The van der Waals surface area contributed by atoms with Crippen molar-refractivity contribution in [1.29, 1.82) is 0 Å². The zero-order valence-corrected chi connectivity index (χ0v) is 10.7. The van der Waals surface area contributed by atoms with E-state index >= 15 is 0 Å². The number of hydrogen-bond acceptors (Lipinski definition) is 3. The third-order valence-electron chi connectivity index (χ3n) is 3.23. The molecule has 1 N–H and O–H groups in total. The fourth-order valence-corrected chi connectivity index (χ4v) is 1.81. The van der Waals surface area contributed by atoms with Crippen LogP contribution >= 0.6 is 0 Å². The Labute approximate surface area is 107 Å². The summed E-state index contributed by atoms with van der Waals surface area (Å²) in [6, 6.07) is 4.80. The summed E-state index contributed by atoms with van der Waals surface area (Å²) in [6.45, 7) is 1.99. The summed E-state index contributed by atoms with van der Waals surface area (Å²) in [6.07, 6.45) is 2.57. The number of benzene rings is 1. The number of nitrogens with zero attached hydrogens (tertiary/aromatic N) is 1. The highest BCUT2D eigenvalue weighted by molar-refractivity contribution is 5.48. The van der Waals surface area contributed by atoms with E-state index in [0.717, 1.165) is 12.5 Å². The van der Waals surface area contributed by atoms with E-state index in [-0.39, 0.29) is 12.4 Å². The Morgan fingerprint density at radius 3 is 2.83 bits per heavy atom. The normalized spacial score (nSPS) is 14.8. The van der Waals surface area contributed by atoms with Crippen molar-refractivity contribution < 1.29 is 14.2 Å². The number of ether oxygens (including phenoxy) is 1. The first kappa shape index (κ1) is 13.3. The standard InChI is InChI=1S/C14H20FNO2/c1-16(6-7-18-10-11-2-3-11)14-5-4-12(9-17)8-13(14)15/h4-5,8,11,17H,2-3,6-7,9-10H2,1H3. The van der Waals surface area contributed by atoms with Gasteiger partial charge in [0.15, 0.2) is 0 Å². The van der Waals surface area contributed by atoms with Gasteiger partial charge in [-0.3, -0.25) is 0 Å². The smallest absolute Gasteiger partial charge is 0.146 e. The van der Waals surface area contributed by atoms with E-state index in [1.807, 2.05) is 11.9 Å². The van der Waals surface area contributed by atoms with Gasteiger partial charge in [0, 0.05) is 20.2 Å². The molecule has 0 heterocycles. The molecule has 0 atom stereocenters. The van der Waals surface area contributed by atoms with Crippen LogP contribution in [0.5, 0.6) is 0 Å². The van der Waals surface area contributed by atoms with Crippen molar-refractivity contribution in [3.63, 3.8) is 0 Å². The number of rotatable bonds is 7. The van der Waals surface area contributed by atoms with Crippen LogP contribution in [0.15, 0.2) is 18.2 Å². The summed E-state index contributed by atoms with van der Waals surface area (Å²) >= 11 is 0. The van der Waals surface area contributed by atoms with E-state index in [9.17, 15) is 4.39 Å². The molecule has 1 fully saturated rings. The molecule has 1 aliphatic rings. The molecule has 1 aromatic carbocycles. The number of anilines is 1. The Balaban J connectivity index is 1.81. The number of hydrogen-bond donors (Lipinski definition) is 1. The van der Waals surface area contributed by atoms with Crippen LogP contribution in [0.1, 0.15) is 18.4 Å². The van der Waals surface area contributed by atoms with Crippen LogP contribution in [0.25, 0.3) is 0 Å². The lowest BCUT2D eigenvalue weighted by atomic mass is 10.2. The van der Waals surface area contributed by atoms with E-state index < -0.39 is 0 Å². The monoisotopic (exact) mass is 253 g/mol. The molecule has 100 valence electrons. The van der Waals surface area contributed by atoms with E-state index in [1.165, 1.54) is 18.9 Å². The van der Waals surface area contributed by atoms with E-state index in [2.05, 4.69) is 0 Å². The number of halogens is 1. The second-order valence-corrected chi connectivity index (χ2v) is 4.88. The van der Waals surface area contributed by atoms with Gasteiger partial charge in [-0.1, -0.05) is 6.07 Å². The van der Waals surface area contributed by atoms with Crippen LogP contribution in [0, 0.1) is 11.7 Å². The largest absolute Gasteiger partial charge is 0.392 e. The van der Waals surface area contributed by atoms with Gasteiger partial charge in [0.1, 0.15) is 5.82 Å². The Kier molecular flexibility index (Phi) is 4.55. The Morgan fingerprint density at radius 1 is 1.44 bits per heavy atom. The molecule has 3 nitrogen and oxygen atoms in total. The van der Waals surface area contributed by atoms with Gasteiger partial charge in [0.2, 0.25) is 0 Å². The molecular formula is C14H20FNO2. The van der Waals surface area contributed by atoms with E-state index in [0.29, 0.717) is 24.4 Å². The molecule has 2 rings (SSSR count). The van der Waals surface area contributed by atoms with Gasteiger partial charge in [-0.05, 0) is 36.5 Å². The second kappa shape index (κ2) is 6.16. The van der Waals surface area contributed by atoms with E-state index in [1.54, 1.807) is 12.1 Å². The molecule has 0 spiro atoms. The first-order chi connectivity index (χ1) is 8.70. The van der Waals surface area contributed by atoms with Gasteiger partial charge in [-0.2, -0.15) is 0 Å². The van der Waals surface area contributed by atoms with Gasteiger partial charge in [-0.25, -0.2) is 4.39 Å². The van der Waals surface area contributed by atoms with Crippen LogP contribution < -0.4 is 4.90 Å². The van der Waals surface area contributed by atoms with E-state index in [4.69, 9.17) is 9.84 Å². The first-order valence-electron chi connectivity index (χ1n) is 6.39. The maximum Gasteiger partial charge on any atom is 0.146 e. The van der Waals surface area contributed by atoms with Gasteiger partial charge in [-0.15, -0.1) is 0 Å². The third kappa shape index (κ3) is 3.68. The molecule has 1 aliphatic carbocycles. The molecular weight excluding hydrogens is 233 g/mol. The van der Waals surface area contributed by atoms with Crippen LogP contribution in [0.2, 0.25) is 0 Å². The maximum absolute atomic E-state index is 13.7. The Bertz CT molecular complexity index is 393. The quantitative estimate of drug-likeness (QED) is 0.756. The maximum atomic E-state index is 13.7. The highest BCUT2D eigenvalue weighted by Crippen LogP contribution is 2.28. The van der Waals surface area contributed by atoms with Crippen molar-refractivity contribution in [3.05, 3.63) is 29.6 Å². The highest BCUT2D eigenvalue weighted by Gasteiger charge is 2.21. The van der Waals surface area contributed by atoms with Crippen LogP contribution in [0.3, 0.4) is 0 Å². The summed E-state index contributed by atoms with van der Waals surface area (Å²) in [5.41, 5.74) is 1.14. The Morgan fingerprint density at radius 2 is 2.22 bits per heavy atom. The molecule has 0 radical (unpaired) electrons. The molecule has 0 aromatic heterocycles. The minimum absolute atomic E-state index is 0.134. The summed E-state index contributed by atoms with van der Waals surface area (Å²) in [5, 5.41) is 8.92. The molecule has 1 aromatic rings. The summed E-state index contributed by atoms with van der Waals surface area (Å²) in [5.74, 6) is 0.460. The molecule has 1 saturated carbocycles. The molecule has 0 amide bonds. The number of aliphatic hydroxyl groups is 1. The van der Waals surface area contributed by atoms with Crippen molar-refractivity contribution in [3.8, 4) is 0 Å². The third-order valence-corrected chi connectivity index (χ3v) is 3.23. The minimum Gasteiger partial charge on any atom is -0.392 e. The zero-order chi connectivity index (χ0) is 13.0. The van der Waals surface area contributed by atoms with Gasteiger partial charge < -0.3 is 14.7 Å². The Hall–Kier alpha value is -1.13. The first-order valence-corrected chi connectivity index (χ1v) is 6.39. The molecule has 0 aliphatic heterocycles. The summed E-state index contributed by atoms with van der Waals surface area (Å²) in [7, 11) is 1.84. The average molecular weight is 253 g/mol. The average Bonchev–Trinajstić information content (AvgIpc) is 3.18. The topological polar surface area (TPSA) is 32.7 Å². The molecule has 0 unspecified atom stereocenters. The fourth-order valence-electron chi connectivity index (χ4n) is 1.81.